The molecule has 1 aliphatic rings. The number of carbonyl (C=O) groups excluding carboxylic acids is 3. The zero-order valence-electron chi connectivity index (χ0n) is 20.3. The van der Waals surface area contributed by atoms with E-state index in [1.165, 1.54) is 11.8 Å². The first kappa shape index (κ1) is 27.1. The highest BCUT2D eigenvalue weighted by Crippen LogP contribution is 2.33. The van der Waals surface area contributed by atoms with E-state index in [1.807, 2.05) is 6.07 Å². The fraction of sp³-hybridized carbons (Fsp3) is 0.458. The molecule has 1 amide bonds. The highest BCUT2D eigenvalue weighted by Gasteiger charge is 2.25. The van der Waals surface area contributed by atoms with Crippen LogP contribution < -0.4 is 21.9 Å². The summed E-state index contributed by atoms with van der Waals surface area (Å²) in [5.41, 5.74) is 6.67. The maximum Gasteiger partial charge on any atom is 0.328 e. The van der Waals surface area contributed by atoms with E-state index in [-0.39, 0.29) is 42.8 Å². The van der Waals surface area contributed by atoms with E-state index >= 15 is 0 Å². The standard InChI is InChI=1S/C24H31N5O6S/c1-3-34-18(30)11-10-17(23(33)35-4-2)27-21(31)15-7-5-6-14(12-15)8-9-16-13-26-20-19(36-16)22(32)29-24(25)28-20/h5-7,12,16-17H,3-4,8-11,13H2,1-2H3,(H,27,31)(H4,25,26,28,29,32)/t16?,17-/m0/s1. The van der Waals surface area contributed by atoms with Crippen LogP contribution in [0.4, 0.5) is 11.8 Å². The predicted molar refractivity (Wildman–Crippen MR) is 136 cm³/mol. The first-order valence-electron chi connectivity index (χ1n) is 11.8. The molecule has 0 saturated carbocycles. The molecule has 2 aromatic rings. The summed E-state index contributed by atoms with van der Waals surface area (Å²) >= 11 is 1.46. The van der Waals surface area contributed by atoms with Gasteiger partial charge in [0.2, 0.25) is 5.95 Å². The van der Waals surface area contributed by atoms with Crippen LogP contribution in [0.2, 0.25) is 0 Å². The van der Waals surface area contributed by atoms with Gasteiger partial charge in [0.15, 0.2) is 0 Å². The summed E-state index contributed by atoms with van der Waals surface area (Å²) in [5.74, 6) is -0.903. The Labute approximate surface area is 212 Å². The number of thioether (sulfide) groups is 1. The van der Waals surface area contributed by atoms with E-state index in [2.05, 4.69) is 20.6 Å². The maximum atomic E-state index is 12.9. The number of fused-ring (bicyclic) bond motifs is 1. The molecule has 36 heavy (non-hydrogen) atoms. The van der Waals surface area contributed by atoms with E-state index in [0.29, 0.717) is 29.2 Å². The quantitative estimate of drug-likeness (QED) is 0.323. The van der Waals surface area contributed by atoms with Crippen molar-refractivity contribution < 1.29 is 23.9 Å². The number of rotatable bonds is 11. The van der Waals surface area contributed by atoms with Crippen molar-refractivity contribution >= 4 is 41.4 Å². The number of nitrogens with one attached hydrogen (secondary N) is 3. The van der Waals surface area contributed by atoms with E-state index in [9.17, 15) is 19.2 Å². The lowest BCUT2D eigenvalue weighted by molar-refractivity contribution is -0.146. The molecule has 194 valence electrons. The van der Waals surface area contributed by atoms with Gasteiger partial charge in [0.25, 0.3) is 11.5 Å². The Bertz CT molecular complexity index is 1150. The molecule has 2 heterocycles. The second-order valence-electron chi connectivity index (χ2n) is 8.11. The number of aryl methyl sites for hydroxylation is 1. The zero-order chi connectivity index (χ0) is 26.1. The molecular formula is C24H31N5O6S. The Morgan fingerprint density at radius 3 is 2.78 bits per heavy atom. The van der Waals surface area contributed by atoms with Gasteiger partial charge in [-0.25, -0.2) is 4.79 Å². The largest absolute Gasteiger partial charge is 0.466 e. The van der Waals surface area contributed by atoms with Gasteiger partial charge < -0.3 is 25.8 Å². The smallest absolute Gasteiger partial charge is 0.328 e. The maximum absolute atomic E-state index is 12.9. The van der Waals surface area contributed by atoms with E-state index in [4.69, 9.17) is 15.2 Å². The van der Waals surface area contributed by atoms with Gasteiger partial charge in [-0.3, -0.25) is 19.4 Å². The number of anilines is 2. The van der Waals surface area contributed by atoms with E-state index in [1.54, 1.807) is 32.0 Å². The van der Waals surface area contributed by atoms with Crippen LogP contribution in [-0.4, -0.2) is 58.9 Å². The Morgan fingerprint density at radius 1 is 1.25 bits per heavy atom. The molecule has 0 fully saturated rings. The fourth-order valence-corrected chi connectivity index (χ4v) is 4.84. The molecule has 0 aliphatic carbocycles. The van der Waals surface area contributed by atoms with Crippen LogP contribution >= 0.6 is 11.8 Å². The number of hydrogen-bond acceptors (Lipinski definition) is 10. The Kier molecular flexibility index (Phi) is 9.74. The molecule has 1 aliphatic heterocycles. The van der Waals surface area contributed by atoms with Gasteiger partial charge in [0.05, 0.1) is 13.2 Å². The number of ether oxygens (including phenoxy) is 2. The van der Waals surface area contributed by atoms with Crippen molar-refractivity contribution in [2.75, 3.05) is 30.8 Å². The molecule has 0 bridgehead atoms. The summed E-state index contributed by atoms with van der Waals surface area (Å²) in [6, 6.07) is 6.17. The monoisotopic (exact) mass is 517 g/mol. The number of esters is 2. The number of amides is 1. The van der Waals surface area contributed by atoms with Crippen molar-refractivity contribution in [1.82, 2.24) is 15.3 Å². The number of benzene rings is 1. The first-order chi connectivity index (χ1) is 17.3. The third-order valence-electron chi connectivity index (χ3n) is 5.44. The van der Waals surface area contributed by atoms with Crippen LogP contribution in [0.3, 0.4) is 0 Å². The van der Waals surface area contributed by atoms with Gasteiger partial charge in [-0.1, -0.05) is 12.1 Å². The third-order valence-corrected chi connectivity index (χ3v) is 6.79. The molecular weight excluding hydrogens is 486 g/mol. The first-order valence-corrected chi connectivity index (χ1v) is 12.7. The second kappa shape index (κ2) is 13.0. The van der Waals surface area contributed by atoms with Gasteiger partial charge in [0.1, 0.15) is 16.8 Å². The summed E-state index contributed by atoms with van der Waals surface area (Å²) in [7, 11) is 0. The lowest BCUT2D eigenvalue weighted by atomic mass is 10.0. The molecule has 1 aromatic carbocycles. The minimum atomic E-state index is -0.962. The van der Waals surface area contributed by atoms with Crippen molar-refractivity contribution in [3.05, 3.63) is 45.7 Å². The van der Waals surface area contributed by atoms with E-state index < -0.39 is 23.9 Å². The fourth-order valence-electron chi connectivity index (χ4n) is 3.71. The number of nitrogens with zero attached hydrogens (tertiary/aromatic N) is 1. The summed E-state index contributed by atoms with van der Waals surface area (Å²) in [6.45, 7) is 4.41. The highest BCUT2D eigenvalue weighted by atomic mass is 32.2. The van der Waals surface area contributed by atoms with Crippen LogP contribution in [0.5, 0.6) is 0 Å². The lowest BCUT2D eigenvalue weighted by Crippen LogP contribution is -2.42. The molecule has 1 aromatic heterocycles. The van der Waals surface area contributed by atoms with Crippen LogP contribution in [0.1, 0.15) is 49.0 Å². The Balaban J connectivity index is 1.60. The molecule has 11 nitrogen and oxygen atoms in total. The van der Waals surface area contributed by atoms with Gasteiger partial charge in [0, 0.05) is 23.8 Å². The van der Waals surface area contributed by atoms with Crippen LogP contribution in [0, 0.1) is 0 Å². The molecule has 12 heteroatoms. The third kappa shape index (κ3) is 7.48. The predicted octanol–water partition coefficient (Wildman–Crippen LogP) is 1.88. The number of nitrogens with two attached hydrogens (primary N) is 1. The van der Waals surface area contributed by atoms with Crippen molar-refractivity contribution in [1.29, 1.82) is 0 Å². The zero-order valence-corrected chi connectivity index (χ0v) is 21.1. The minimum Gasteiger partial charge on any atom is -0.466 e. The number of aromatic amines is 1. The molecule has 2 atom stereocenters. The summed E-state index contributed by atoms with van der Waals surface area (Å²) in [4.78, 5) is 56.3. The van der Waals surface area contributed by atoms with Gasteiger partial charge in [-0.05, 0) is 50.8 Å². The van der Waals surface area contributed by atoms with Gasteiger partial charge in [-0.2, -0.15) is 4.98 Å². The molecule has 3 rings (SSSR count). The van der Waals surface area contributed by atoms with Crippen LogP contribution in [0.25, 0.3) is 0 Å². The molecule has 5 N–H and O–H groups in total. The van der Waals surface area contributed by atoms with Crippen molar-refractivity contribution in [3.8, 4) is 0 Å². The van der Waals surface area contributed by atoms with Crippen molar-refractivity contribution in [2.45, 2.75) is 55.7 Å². The lowest BCUT2D eigenvalue weighted by Gasteiger charge is -2.24. The molecule has 0 spiro atoms. The number of carbonyl (C=O) groups is 3. The number of nitrogen functional groups attached to an aromatic ring is 1. The van der Waals surface area contributed by atoms with Crippen molar-refractivity contribution in [2.24, 2.45) is 0 Å². The highest BCUT2D eigenvalue weighted by molar-refractivity contribution is 8.00. The summed E-state index contributed by atoms with van der Waals surface area (Å²) in [5, 5.41) is 5.97. The number of aromatic nitrogens is 2. The molecule has 1 unspecified atom stereocenters. The van der Waals surface area contributed by atoms with Crippen LogP contribution in [0.15, 0.2) is 34.0 Å². The topological polar surface area (TPSA) is 165 Å². The normalized spacial score (nSPS) is 15.2. The van der Waals surface area contributed by atoms with Gasteiger partial charge >= 0.3 is 11.9 Å². The van der Waals surface area contributed by atoms with Gasteiger partial charge in [-0.15, -0.1) is 11.8 Å². The Hall–Kier alpha value is -3.54. The minimum absolute atomic E-state index is 0.0151. The molecule has 0 saturated heterocycles. The van der Waals surface area contributed by atoms with Crippen LogP contribution in [-0.2, 0) is 25.5 Å². The van der Waals surface area contributed by atoms with Crippen molar-refractivity contribution in [3.63, 3.8) is 0 Å². The summed E-state index contributed by atoms with van der Waals surface area (Å²) in [6.07, 6.45) is 1.51. The Morgan fingerprint density at radius 2 is 2.03 bits per heavy atom. The number of hydrogen-bond donors (Lipinski definition) is 4. The molecule has 0 radical (unpaired) electrons. The second-order valence-corrected chi connectivity index (χ2v) is 9.42. The number of H-pyrrole nitrogens is 1. The average molecular weight is 518 g/mol. The summed E-state index contributed by atoms with van der Waals surface area (Å²) < 4.78 is 9.96. The average Bonchev–Trinajstić information content (AvgIpc) is 2.85. The SMILES string of the molecule is CCOC(=O)CC[C@H](NC(=O)c1cccc(CCC2CNc3nc(N)[nH]c(=O)c3S2)c1)C(=O)OCC. The van der Waals surface area contributed by atoms with E-state index in [0.717, 1.165) is 12.0 Å².